The molecule has 0 fully saturated rings. The van der Waals surface area contributed by atoms with E-state index in [0.717, 1.165) is 35.5 Å². The fourth-order valence-electron chi connectivity index (χ4n) is 4.09. The Morgan fingerprint density at radius 2 is 1.62 bits per heavy atom. The average molecular weight is 463 g/mol. The summed E-state index contributed by atoms with van der Waals surface area (Å²) in [6, 6.07) is 11.6. The summed E-state index contributed by atoms with van der Waals surface area (Å²) >= 11 is 0. The second kappa shape index (κ2) is 14.2. The first-order valence-corrected chi connectivity index (χ1v) is 12.7. The Balaban J connectivity index is 1.40. The molecule has 0 aliphatic rings. The van der Waals surface area contributed by atoms with Gasteiger partial charge in [0.25, 0.3) is 0 Å². The number of benzene rings is 1. The number of carbonyl (C=O) groups is 1. The summed E-state index contributed by atoms with van der Waals surface area (Å²) in [4.78, 5) is 18.7. The largest absolute Gasteiger partial charge is 0.325 e. The zero-order chi connectivity index (χ0) is 24.0. The van der Waals surface area contributed by atoms with Gasteiger partial charge in [-0.25, -0.2) is 0 Å². The van der Waals surface area contributed by atoms with Crippen LogP contribution in [0.5, 0.6) is 0 Å². The maximum absolute atomic E-state index is 12.7. The topological polar surface area (TPSA) is 85.6 Å². The molecule has 7 nitrogen and oxygen atoms in total. The normalized spacial score (nSPS) is 11.0. The minimum atomic E-state index is -0.167. The van der Waals surface area contributed by atoms with Crippen LogP contribution in [0.25, 0.3) is 11.3 Å². The van der Waals surface area contributed by atoms with E-state index in [4.69, 9.17) is 0 Å². The fourth-order valence-corrected chi connectivity index (χ4v) is 4.09. The molecule has 0 aliphatic heterocycles. The van der Waals surface area contributed by atoms with Crippen LogP contribution in [-0.4, -0.2) is 31.1 Å². The number of anilines is 1. The molecule has 0 saturated heterocycles. The van der Waals surface area contributed by atoms with Gasteiger partial charge in [-0.3, -0.25) is 9.78 Å². The molecular formula is C27H38N6O. The Kier molecular flexibility index (Phi) is 10.7. The molecule has 0 unspecified atom stereocenters. The maximum atomic E-state index is 12.7. The van der Waals surface area contributed by atoms with Crippen molar-refractivity contribution in [2.45, 2.75) is 91.0 Å². The van der Waals surface area contributed by atoms with Crippen molar-refractivity contribution >= 4 is 11.6 Å². The van der Waals surface area contributed by atoms with Crippen LogP contribution in [-0.2, 0) is 17.8 Å². The Labute approximate surface area is 203 Å². The Morgan fingerprint density at radius 1 is 0.912 bits per heavy atom. The lowest BCUT2D eigenvalue weighted by Gasteiger charge is -2.11. The monoisotopic (exact) mass is 462 g/mol. The molecular weight excluding hydrogens is 424 g/mol. The number of para-hydroxylation sites is 1. The molecule has 0 spiro atoms. The van der Waals surface area contributed by atoms with Crippen molar-refractivity contribution in [3.63, 3.8) is 0 Å². The van der Waals surface area contributed by atoms with Crippen LogP contribution in [0.3, 0.4) is 0 Å². The number of nitrogens with zero attached hydrogens (tertiary/aromatic N) is 5. The van der Waals surface area contributed by atoms with Gasteiger partial charge in [-0.15, -0.1) is 10.2 Å². The zero-order valence-corrected chi connectivity index (χ0v) is 20.7. The maximum Gasteiger partial charge on any atom is 0.232 e. The van der Waals surface area contributed by atoms with Gasteiger partial charge in [-0.05, 0) is 36.3 Å². The third-order valence-corrected chi connectivity index (χ3v) is 5.99. The van der Waals surface area contributed by atoms with Crippen molar-refractivity contribution in [3.8, 4) is 11.3 Å². The summed E-state index contributed by atoms with van der Waals surface area (Å²) in [5, 5.41) is 15.5. The first-order valence-electron chi connectivity index (χ1n) is 12.7. The molecule has 0 atom stereocenters. The molecule has 0 radical (unpaired) electrons. The van der Waals surface area contributed by atoms with E-state index < -0.39 is 0 Å². The molecule has 7 heteroatoms. The molecule has 2 heterocycles. The van der Waals surface area contributed by atoms with Crippen molar-refractivity contribution in [2.75, 3.05) is 5.32 Å². The SMILES string of the molecule is CCCCCCCCCCCCn1nnc(CC(=O)Nc2ccccc2-c2ncccc2C)n1. The van der Waals surface area contributed by atoms with Gasteiger partial charge in [0, 0.05) is 11.8 Å². The Hall–Kier alpha value is -3.09. The second-order valence-electron chi connectivity index (χ2n) is 8.92. The number of nitrogens with one attached hydrogen (secondary N) is 1. The van der Waals surface area contributed by atoms with Crippen LogP contribution in [0.2, 0.25) is 0 Å². The third-order valence-electron chi connectivity index (χ3n) is 5.99. The van der Waals surface area contributed by atoms with Gasteiger partial charge in [0.1, 0.15) is 0 Å². The number of pyridine rings is 1. The van der Waals surface area contributed by atoms with E-state index in [0.29, 0.717) is 5.82 Å². The molecule has 0 saturated carbocycles. The standard InChI is InChI=1S/C27H38N6O/c1-3-4-5-6-7-8-9-10-11-14-20-33-31-25(30-32-33)21-26(34)29-24-18-13-12-17-23(24)27-22(2)16-15-19-28-27/h12-13,15-19H,3-11,14,20-21H2,1-2H3,(H,29,34). The van der Waals surface area contributed by atoms with Crippen LogP contribution in [0, 0.1) is 6.92 Å². The van der Waals surface area contributed by atoms with Crippen LogP contribution >= 0.6 is 0 Å². The highest BCUT2D eigenvalue weighted by Crippen LogP contribution is 2.28. The molecule has 1 N–H and O–H groups in total. The minimum Gasteiger partial charge on any atom is -0.325 e. The molecule has 182 valence electrons. The molecule has 2 aromatic heterocycles. The van der Waals surface area contributed by atoms with Crippen LogP contribution in [0.4, 0.5) is 5.69 Å². The number of aromatic nitrogens is 5. The zero-order valence-electron chi connectivity index (χ0n) is 20.7. The van der Waals surface area contributed by atoms with E-state index in [1.54, 1.807) is 11.0 Å². The number of rotatable bonds is 15. The number of hydrogen-bond donors (Lipinski definition) is 1. The molecule has 0 bridgehead atoms. The molecule has 3 aromatic rings. The predicted octanol–water partition coefficient (Wildman–Crippen LogP) is 6.15. The lowest BCUT2D eigenvalue weighted by atomic mass is 10.0. The van der Waals surface area contributed by atoms with Gasteiger partial charge in [0.15, 0.2) is 5.82 Å². The number of tetrazole rings is 1. The van der Waals surface area contributed by atoms with Crippen molar-refractivity contribution in [2.24, 2.45) is 0 Å². The first-order chi connectivity index (χ1) is 16.7. The summed E-state index contributed by atoms with van der Waals surface area (Å²) < 4.78 is 0. The average Bonchev–Trinajstić information content (AvgIpc) is 3.28. The molecule has 1 amide bonds. The van der Waals surface area contributed by atoms with E-state index in [1.165, 1.54) is 57.8 Å². The van der Waals surface area contributed by atoms with Crippen molar-refractivity contribution in [1.82, 2.24) is 25.2 Å². The van der Waals surface area contributed by atoms with Gasteiger partial charge in [-0.2, -0.15) is 4.80 Å². The molecule has 1 aromatic carbocycles. The summed E-state index contributed by atoms with van der Waals surface area (Å²) in [6.45, 7) is 5.01. The number of carbonyl (C=O) groups excluding carboxylic acids is 1. The number of aryl methyl sites for hydroxylation is 2. The fraction of sp³-hybridized carbons (Fsp3) is 0.519. The van der Waals surface area contributed by atoms with Crippen LogP contribution in [0.1, 0.15) is 82.5 Å². The lowest BCUT2D eigenvalue weighted by molar-refractivity contribution is -0.115. The van der Waals surface area contributed by atoms with Gasteiger partial charge in [0.2, 0.25) is 5.91 Å². The van der Waals surface area contributed by atoms with Gasteiger partial charge in [0.05, 0.1) is 24.3 Å². The molecule has 0 aliphatic carbocycles. The number of unbranched alkanes of at least 4 members (excludes halogenated alkanes) is 9. The highest BCUT2D eigenvalue weighted by molar-refractivity contribution is 5.96. The van der Waals surface area contributed by atoms with Gasteiger partial charge in [-0.1, -0.05) is 89.0 Å². The smallest absolute Gasteiger partial charge is 0.232 e. The van der Waals surface area contributed by atoms with E-state index in [-0.39, 0.29) is 12.3 Å². The van der Waals surface area contributed by atoms with Crippen molar-refractivity contribution < 1.29 is 4.79 Å². The van der Waals surface area contributed by atoms with Crippen molar-refractivity contribution in [1.29, 1.82) is 0 Å². The Morgan fingerprint density at radius 3 is 2.35 bits per heavy atom. The van der Waals surface area contributed by atoms with E-state index in [1.807, 2.05) is 43.3 Å². The van der Waals surface area contributed by atoms with Crippen LogP contribution in [0.15, 0.2) is 42.6 Å². The van der Waals surface area contributed by atoms with Gasteiger partial charge < -0.3 is 5.32 Å². The molecule has 3 rings (SSSR count). The first kappa shape index (κ1) is 25.5. The van der Waals surface area contributed by atoms with Gasteiger partial charge >= 0.3 is 0 Å². The highest BCUT2D eigenvalue weighted by Gasteiger charge is 2.13. The minimum absolute atomic E-state index is 0.0908. The summed E-state index contributed by atoms with van der Waals surface area (Å²) in [6.07, 6.45) is 14.8. The summed E-state index contributed by atoms with van der Waals surface area (Å²) in [7, 11) is 0. The number of amides is 1. The summed E-state index contributed by atoms with van der Waals surface area (Å²) in [5.74, 6) is 0.274. The number of hydrogen-bond acceptors (Lipinski definition) is 5. The predicted molar refractivity (Wildman–Crippen MR) is 136 cm³/mol. The highest BCUT2D eigenvalue weighted by atomic mass is 16.1. The van der Waals surface area contributed by atoms with E-state index >= 15 is 0 Å². The van der Waals surface area contributed by atoms with Crippen LogP contribution < -0.4 is 5.32 Å². The van der Waals surface area contributed by atoms with E-state index in [9.17, 15) is 4.79 Å². The van der Waals surface area contributed by atoms with E-state index in [2.05, 4.69) is 32.6 Å². The van der Waals surface area contributed by atoms with Crippen molar-refractivity contribution in [3.05, 3.63) is 54.0 Å². The molecule has 34 heavy (non-hydrogen) atoms. The summed E-state index contributed by atoms with van der Waals surface area (Å²) in [5.41, 5.74) is 3.54. The Bertz CT molecular complexity index is 1020. The second-order valence-corrected chi connectivity index (χ2v) is 8.92. The third kappa shape index (κ3) is 8.36. The quantitative estimate of drug-likeness (QED) is 0.274. The lowest BCUT2D eigenvalue weighted by Crippen LogP contribution is -2.16.